The highest BCUT2D eigenvalue weighted by Crippen LogP contribution is 2.21. The maximum atomic E-state index is 11.7. The Balaban J connectivity index is 2.90. The summed E-state index contributed by atoms with van der Waals surface area (Å²) >= 11 is 0. The summed E-state index contributed by atoms with van der Waals surface area (Å²) in [6.07, 6.45) is 0.929. The third-order valence-electron chi connectivity index (χ3n) is 2.29. The smallest absolute Gasteiger partial charge is 0.335 e. The minimum absolute atomic E-state index is 0.00324. The summed E-state index contributed by atoms with van der Waals surface area (Å²) in [5.74, 6) is -2.32. The predicted molar refractivity (Wildman–Crippen MR) is 74.9 cm³/mol. The number of aromatic carboxylic acids is 1. The lowest BCUT2D eigenvalue weighted by molar-refractivity contribution is 0.0697. The van der Waals surface area contributed by atoms with Crippen molar-refractivity contribution in [1.29, 1.82) is 0 Å². The highest BCUT2D eigenvalue weighted by atomic mass is 32.2. The van der Waals surface area contributed by atoms with Crippen molar-refractivity contribution < 1.29 is 26.7 Å². The first-order valence-corrected chi connectivity index (χ1v) is 9.02. The molecule has 0 saturated heterocycles. The Labute approximate surface area is 116 Å². The van der Waals surface area contributed by atoms with Crippen molar-refractivity contribution in [3.05, 3.63) is 23.8 Å². The minimum Gasteiger partial charge on any atom is -0.478 e. The zero-order chi connectivity index (χ0) is 15.6. The molecule has 112 valence electrons. The number of hydrogen-bond donors (Lipinski definition) is 3. The Morgan fingerprint density at radius 3 is 2.30 bits per heavy atom. The minimum atomic E-state index is -3.88. The molecule has 8 nitrogen and oxygen atoms in total. The summed E-state index contributed by atoms with van der Waals surface area (Å²) in [4.78, 5) is 10.7. The molecule has 0 aliphatic carbocycles. The van der Waals surface area contributed by atoms with Gasteiger partial charge in [-0.2, -0.15) is 0 Å². The molecule has 0 unspecified atom stereocenters. The van der Waals surface area contributed by atoms with Crippen LogP contribution in [-0.2, 0) is 19.9 Å². The van der Waals surface area contributed by atoms with E-state index in [0.717, 1.165) is 12.3 Å². The second-order valence-corrected chi connectivity index (χ2v) is 8.26. The molecule has 1 aromatic carbocycles. The van der Waals surface area contributed by atoms with Gasteiger partial charge in [0, 0.05) is 6.26 Å². The molecule has 0 aliphatic rings. The fourth-order valence-electron chi connectivity index (χ4n) is 1.27. The maximum Gasteiger partial charge on any atom is 0.335 e. The van der Waals surface area contributed by atoms with Gasteiger partial charge in [-0.3, -0.25) is 4.72 Å². The van der Waals surface area contributed by atoms with Gasteiger partial charge in [0.05, 0.1) is 28.4 Å². The number of sulfonamides is 1. The Hall–Kier alpha value is -1.81. The first kappa shape index (κ1) is 16.2. The number of carboxylic acids is 1. The average Bonchev–Trinajstić information content (AvgIpc) is 2.28. The number of hydrogen-bond acceptors (Lipinski definition) is 6. The molecule has 0 heterocycles. The lowest BCUT2D eigenvalue weighted by atomic mass is 10.2. The fourth-order valence-corrected chi connectivity index (χ4v) is 3.98. The number of rotatable bonds is 6. The van der Waals surface area contributed by atoms with E-state index in [1.807, 2.05) is 0 Å². The highest BCUT2D eigenvalue weighted by Gasteiger charge is 2.16. The number of benzene rings is 1. The van der Waals surface area contributed by atoms with Gasteiger partial charge in [-0.05, 0) is 18.2 Å². The Morgan fingerprint density at radius 2 is 1.85 bits per heavy atom. The zero-order valence-corrected chi connectivity index (χ0v) is 12.2. The van der Waals surface area contributed by atoms with Gasteiger partial charge in [-0.15, -0.1) is 0 Å². The first-order valence-electron chi connectivity index (χ1n) is 5.31. The van der Waals surface area contributed by atoms with Gasteiger partial charge in [-0.25, -0.2) is 21.6 Å². The summed E-state index contributed by atoms with van der Waals surface area (Å²) in [6.45, 7) is 0. The van der Waals surface area contributed by atoms with Crippen LogP contribution in [0.25, 0.3) is 0 Å². The molecule has 0 saturated carbocycles. The standard InChI is InChI=1S/C10H14N2O6S2/c1-19(15,16)4-5-20(17,18)12-9-3-2-7(10(13)14)6-8(9)11/h2-3,6,12H,4-5,11H2,1H3,(H,13,14). The SMILES string of the molecule is CS(=O)(=O)CCS(=O)(=O)Nc1ccc(C(=O)O)cc1N. The Morgan fingerprint density at radius 1 is 1.25 bits per heavy atom. The van der Waals surface area contributed by atoms with Crippen LogP contribution in [0.15, 0.2) is 18.2 Å². The maximum absolute atomic E-state index is 11.7. The van der Waals surface area contributed by atoms with Crippen molar-refractivity contribution in [2.45, 2.75) is 0 Å². The number of nitrogen functional groups attached to an aromatic ring is 1. The van der Waals surface area contributed by atoms with Crippen molar-refractivity contribution in [3.63, 3.8) is 0 Å². The topological polar surface area (TPSA) is 144 Å². The van der Waals surface area contributed by atoms with Gasteiger partial charge in [0.25, 0.3) is 0 Å². The van der Waals surface area contributed by atoms with Gasteiger partial charge in [-0.1, -0.05) is 0 Å². The van der Waals surface area contributed by atoms with Crippen LogP contribution in [0.4, 0.5) is 11.4 Å². The van der Waals surface area contributed by atoms with E-state index < -0.39 is 37.3 Å². The van der Waals surface area contributed by atoms with Gasteiger partial charge < -0.3 is 10.8 Å². The van der Waals surface area contributed by atoms with E-state index in [1.54, 1.807) is 0 Å². The summed E-state index contributed by atoms with van der Waals surface area (Å²) in [6, 6.07) is 3.50. The van der Waals surface area contributed by atoms with Crippen LogP contribution in [0, 0.1) is 0 Å². The predicted octanol–water partition coefficient (Wildman–Crippen LogP) is -0.247. The molecule has 0 bridgehead atoms. The molecule has 10 heteroatoms. The Kier molecular flexibility index (Phi) is 4.61. The lowest BCUT2D eigenvalue weighted by Crippen LogP contribution is -2.23. The number of anilines is 2. The number of sulfone groups is 1. The van der Waals surface area contributed by atoms with E-state index >= 15 is 0 Å². The van der Waals surface area contributed by atoms with Gasteiger partial charge >= 0.3 is 5.97 Å². The molecule has 0 fully saturated rings. The average molecular weight is 322 g/mol. The summed E-state index contributed by atoms with van der Waals surface area (Å²) in [5, 5.41) is 8.75. The third kappa shape index (κ3) is 5.05. The molecule has 0 radical (unpaired) electrons. The normalized spacial score (nSPS) is 12.1. The Bertz CT molecular complexity index is 724. The number of carbonyl (C=O) groups is 1. The molecule has 4 N–H and O–H groups in total. The monoisotopic (exact) mass is 322 g/mol. The van der Waals surface area contributed by atoms with Crippen LogP contribution in [0.3, 0.4) is 0 Å². The lowest BCUT2D eigenvalue weighted by Gasteiger charge is -2.10. The van der Waals surface area contributed by atoms with Crippen molar-refractivity contribution in [1.82, 2.24) is 0 Å². The molecule has 20 heavy (non-hydrogen) atoms. The van der Waals surface area contributed by atoms with E-state index in [0.29, 0.717) is 0 Å². The molecular formula is C10H14N2O6S2. The zero-order valence-electron chi connectivity index (χ0n) is 10.5. The summed E-state index contributed by atoms with van der Waals surface area (Å²) < 4.78 is 47.3. The van der Waals surface area contributed by atoms with E-state index in [-0.39, 0.29) is 16.9 Å². The third-order valence-corrected chi connectivity index (χ3v) is 4.76. The molecular weight excluding hydrogens is 308 g/mol. The molecule has 1 aromatic rings. The van der Waals surface area contributed by atoms with E-state index in [9.17, 15) is 21.6 Å². The molecule has 1 rings (SSSR count). The number of carboxylic acid groups (broad SMARTS) is 1. The summed E-state index contributed by atoms with van der Waals surface area (Å²) in [7, 11) is -7.29. The van der Waals surface area contributed by atoms with Crippen LogP contribution in [0.5, 0.6) is 0 Å². The quantitative estimate of drug-likeness (QED) is 0.613. The molecule has 0 amide bonds. The van der Waals surface area contributed by atoms with Crippen molar-refractivity contribution in [2.24, 2.45) is 0 Å². The second kappa shape index (κ2) is 5.67. The molecule has 0 aliphatic heterocycles. The van der Waals surface area contributed by atoms with Crippen molar-refractivity contribution in [2.75, 3.05) is 28.2 Å². The van der Waals surface area contributed by atoms with Crippen LogP contribution in [0.2, 0.25) is 0 Å². The first-order chi connectivity index (χ1) is 9.00. The van der Waals surface area contributed by atoms with Crippen LogP contribution >= 0.6 is 0 Å². The molecule has 0 aromatic heterocycles. The summed E-state index contributed by atoms with van der Waals surface area (Å²) in [5.41, 5.74) is 5.40. The van der Waals surface area contributed by atoms with E-state index in [1.165, 1.54) is 12.1 Å². The fraction of sp³-hybridized carbons (Fsp3) is 0.300. The van der Waals surface area contributed by atoms with Crippen molar-refractivity contribution in [3.8, 4) is 0 Å². The van der Waals surface area contributed by atoms with E-state index in [4.69, 9.17) is 10.8 Å². The van der Waals surface area contributed by atoms with Crippen LogP contribution in [-0.4, -0.2) is 45.7 Å². The van der Waals surface area contributed by atoms with Gasteiger partial charge in [0.1, 0.15) is 9.84 Å². The van der Waals surface area contributed by atoms with Gasteiger partial charge in [0.2, 0.25) is 10.0 Å². The van der Waals surface area contributed by atoms with E-state index in [2.05, 4.69) is 4.72 Å². The van der Waals surface area contributed by atoms with Crippen molar-refractivity contribution >= 4 is 37.2 Å². The molecule has 0 atom stereocenters. The molecule has 0 spiro atoms. The highest BCUT2D eigenvalue weighted by molar-refractivity contribution is 7.95. The largest absolute Gasteiger partial charge is 0.478 e. The van der Waals surface area contributed by atoms with Crippen LogP contribution < -0.4 is 10.5 Å². The van der Waals surface area contributed by atoms with Crippen LogP contribution in [0.1, 0.15) is 10.4 Å². The second-order valence-electron chi connectivity index (χ2n) is 4.16. The number of nitrogens with one attached hydrogen (secondary N) is 1. The van der Waals surface area contributed by atoms with Gasteiger partial charge in [0.15, 0.2) is 0 Å². The number of nitrogens with two attached hydrogens (primary N) is 1.